The molecule has 0 aliphatic rings. The van der Waals surface area contributed by atoms with E-state index in [9.17, 15) is 14.4 Å². The van der Waals surface area contributed by atoms with Crippen LogP contribution in [0.3, 0.4) is 0 Å². The average molecular weight is 1790 g/mol. The molecule has 0 N–H and O–H groups in total. The zero-order valence-corrected chi connectivity index (χ0v) is 73.3. The van der Waals surface area contributed by atoms with E-state index in [0.717, 1.165) is 163 Å². The SMILES string of the molecule is BrCCCCBr.BrCCCCBr.BrCCCCBr.CCCCCCN(CC(CC(CC)c1ccccn1)c1ccccn1)C(C)=O.CCCCCCN(CC(CC(CC)c1ccccn1)c1ccccn1)C(C)=O.CCCCCCN(CC(CC(CC)c1ccccn1)c1ccccn1)C(C)=O. The molecule has 0 saturated heterocycles. The van der Waals surface area contributed by atoms with Crippen molar-refractivity contribution in [3.8, 4) is 0 Å². The third kappa shape index (κ3) is 46.3. The summed E-state index contributed by atoms with van der Waals surface area (Å²) in [6.45, 7) is 23.0. The fourth-order valence-corrected chi connectivity index (χ4v) is 14.2. The minimum Gasteiger partial charge on any atom is -0.342 e. The average Bonchev–Trinajstić information content (AvgIpc) is 0.870. The van der Waals surface area contributed by atoms with E-state index in [1.54, 1.807) is 20.8 Å². The quantitative estimate of drug-likeness (QED) is 0.0270. The predicted octanol–water partition coefficient (Wildman–Crippen LogP) is 24.4. The van der Waals surface area contributed by atoms with Crippen molar-refractivity contribution in [3.63, 3.8) is 0 Å². The molecule has 570 valence electrons. The zero-order valence-electron chi connectivity index (χ0n) is 63.8. The van der Waals surface area contributed by atoms with Crippen LogP contribution in [0.1, 0.15) is 286 Å². The lowest BCUT2D eigenvalue weighted by molar-refractivity contribution is -0.130. The Labute approximate surface area is 670 Å². The molecule has 0 radical (unpaired) electrons. The molecule has 0 aliphatic carbocycles. The smallest absolute Gasteiger partial charge is 0.219 e. The number of carbonyl (C=O) groups excluding carboxylic acids is 3. The number of alkyl halides is 6. The lowest BCUT2D eigenvalue weighted by Crippen LogP contribution is -2.34. The van der Waals surface area contributed by atoms with Crippen LogP contribution in [0.2, 0.25) is 0 Å². The Balaban J connectivity index is 0.000000679. The number of rotatable bonds is 45. The number of pyridine rings is 6. The van der Waals surface area contributed by atoms with Crippen LogP contribution < -0.4 is 0 Å². The molecular weight excluding hydrogens is 1660 g/mol. The van der Waals surface area contributed by atoms with Crippen LogP contribution in [0.15, 0.2) is 146 Å². The maximum absolute atomic E-state index is 12.3. The van der Waals surface area contributed by atoms with Crippen LogP contribution in [0, 0.1) is 0 Å². The highest BCUT2D eigenvalue weighted by Gasteiger charge is 2.27. The van der Waals surface area contributed by atoms with Gasteiger partial charge in [-0.25, -0.2) is 0 Å². The van der Waals surface area contributed by atoms with Gasteiger partial charge in [-0.3, -0.25) is 44.3 Å². The van der Waals surface area contributed by atoms with Gasteiger partial charge in [0.1, 0.15) is 0 Å². The lowest BCUT2D eigenvalue weighted by Gasteiger charge is -2.29. The molecule has 12 nitrogen and oxygen atoms in total. The first kappa shape index (κ1) is 96.2. The Morgan fingerprint density at radius 1 is 0.284 bits per heavy atom. The van der Waals surface area contributed by atoms with Crippen LogP contribution in [0.4, 0.5) is 0 Å². The number of hydrogen-bond donors (Lipinski definition) is 0. The van der Waals surface area contributed by atoms with Crippen molar-refractivity contribution in [2.24, 2.45) is 0 Å². The van der Waals surface area contributed by atoms with Crippen molar-refractivity contribution in [1.82, 2.24) is 44.6 Å². The molecule has 0 bridgehead atoms. The van der Waals surface area contributed by atoms with Crippen molar-refractivity contribution >= 4 is 113 Å². The summed E-state index contributed by atoms with van der Waals surface area (Å²) in [5.41, 5.74) is 6.58. The van der Waals surface area contributed by atoms with E-state index >= 15 is 0 Å². The van der Waals surface area contributed by atoms with Gasteiger partial charge in [-0.15, -0.1) is 0 Å². The minimum absolute atomic E-state index is 0.156. The summed E-state index contributed by atoms with van der Waals surface area (Å²) in [5.74, 6) is 2.19. The second kappa shape index (κ2) is 66.6. The molecule has 0 aromatic carbocycles. The van der Waals surface area contributed by atoms with Crippen LogP contribution in [0.25, 0.3) is 0 Å². The Hall–Kier alpha value is -3.81. The van der Waals surface area contributed by atoms with Gasteiger partial charge in [0.15, 0.2) is 0 Å². The summed E-state index contributed by atoms with van der Waals surface area (Å²) >= 11 is 20.0. The number of hydrogen-bond acceptors (Lipinski definition) is 9. The van der Waals surface area contributed by atoms with Gasteiger partial charge in [0.25, 0.3) is 0 Å². The maximum Gasteiger partial charge on any atom is 0.219 e. The number of nitrogens with zero attached hydrogens (tertiary/aromatic N) is 9. The van der Waals surface area contributed by atoms with Crippen LogP contribution in [0.5, 0.6) is 0 Å². The van der Waals surface area contributed by atoms with Gasteiger partial charge in [0.05, 0.1) is 0 Å². The van der Waals surface area contributed by atoms with Crippen molar-refractivity contribution < 1.29 is 14.4 Å². The third-order valence-electron chi connectivity index (χ3n) is 17.9. The Morgan fingerprint density at radius 2 is 0.480 bits per heavy atom. The molecule has 6 unspecified atom stereocenters. The lowest BCUT2D eigenvalue weighted by atomic mass is 9.87. The number of amides is 3. The fourth-order valence-electron chi connectivity index (χ4n) is 11.8. The van der Waals surface area contributed by atoms with Crippen molar-refractivity contribution in [2.45, 2.75) is 252 Å². The third-order valence-corrected chi connectivity index (χ3v) is 21.2. The minimum atomic E-state index is 0.156. The molecule has 6 rings (SSSR count). The number of carbonyl (C=O) groups is 3. The highest BCUT2D eigenvalue weighted by atomic mass is 79.9. The first-order chi connectivity index (χ1) is 49.7. The van der Waals surface area contributed by atoms with E-state index in [1.165, 1.54) is 96.3 Å². The summed E-state index contributed by atoms with van der Waals surface area (Å²) in [6.07, 6.45) is 38.8. The van der Waals surface area contributed by atoms with Gasteiger partial charge >= 0.3 is 0 Å². The molecule has 3 amide bonds. The largest absolute Gasteiger partial charge is 0.342 e. The summed E-state index contributed by atoms with van der Waals surface area (Å²) in [5, 5.41) is 6.82. The van der Waals surface area contributed by atoms with Gasteiger partial charge in [-0.1, -0.05) is 231 Å². The summed E-state index contributed by atoms with van der Waals surface area (Å²) in [4.78, 5) is 70.5. The number of aromatic nitrogens is 6. The topological polar surface area (TPSA) is 138 Å². The van der Waals surface area contributed by atoms with E-state index < -0.39 is 0 Å². The molecule has 0 fully saturated rings. The predicted molar refractivity (Wildman–Crippen MR) is 456 cm³/mol. The molecule has 0 saturated carbocycles. The molecule has 18 heteroatoms. The molecule has 0 spiro atoms. The molecule has 0 aliphatic heterocycles. The summed E-state index contributed by atoms with van der Waals surface area (Å²) < 4.78 is 0. The first-order valence-corrected chi connectivity index (χ1v) is 45.0. The van der Waals surface area contributed by atoms with Crippen LogP contribution >= 0.6 is 95.6 Å². The highest BCUT2D eigenvalue weighted by Crippen LogP contribution is 2.35. The van der Waals surface area contributed by atoms with Gasteiger partial charge in [-0.2, -0.15) is 0 Å². The van der Waals surface area contributed by atoms with Gasteiger partial charge < -0.3 is 14.7 Å². The molecule has 102 heavy (non-hydrogen) atoms. The van der Waals surface area contributed by atoms with Crippen LogP contribution in [-0.2, 0) is 14.4 Å². The highest BCUT2D eigenvalue weighted by molar-refractivity contribution is 9.10. The maximum atomic E-state index is 12.3. The Bertz CT molecular complexity index is 2530. The Kier molecular flexibility index (Phi) is 62.8. The monoisotopic (exact) mass is 1790 g/mol. The van der Waals surface area contributed by atoms with Gasteiger partial charge in [0, 0.05) is 199 Å². The summed E-state index contributed by atoms with van der Waals surface area (Å²) in [6, 6.07) is 36.6. The van der Waals surface area contributed by atoms with E-state index in [1.807, 2.05) is 106 Å². The number of unbranched alkanes of at least 4 members (excludes halogenated alkanes) is 12. The molecular formula is C84H129Br6N9O3. The van der Waals surface area contributed by atoms with Crippen molar-refractivity contribution in [2.75, 3.05) is 71.2 Å². The Morgan fingerprint density at radius 3 is 0.627 bits per heavy atom. The van der Waals surface area contributed by atoms with Crippen LogP contribution in [-0.4, -0.2) is 134 Å². The van der Waals surface area contributed by atoms with E-state index in [4.69, 9.17) is 0 Å². The molecule has 6 atom stereocenters. The first-order valence-electron chi connectivity index (χ1n) is 38.3. The van der Waals surface area contributed by atoms with E-state index in [2.05, 4.69) is 222 Å². The second-order valence-corrected chi connectivity index (χ2v) is 30.7. The molecule has 6 aromatic rings. The standard InChI is InChI=1S/3C24H35N3O.3C4H8Br2/c3*1-4-6-7-12-17-27(20(3)28)19-22(24-14-9-11-16-26-24)18-21(5-2)23-13-8-10-15-25-23;3*5-3-1-2-4-6/h3*8-11,13-16,21-22H,4-7,12,17-19H2,1-3H3;3*1-4H2. The number of halogens is 6. The zero-order chi connectivity index (χ0) is 75.1. The normalized spacial score (nSPS) is 12.4. The molecule has 6 aromatic heterocycles. The van der Waals surface area contributed by atoms with Crippen molar-refractivity contribution in [3.05, 3.63) is 181 Å². The summed E-state index contributed by atoms with van der Waals surface area (Å²) in [7, 11) is 0. The van der Waals surface area contributed by atoms with Gasteiger partial charge in [0.2, 0.25) is 17.7 Å². The molecule has 6 heterocycles. The van der Waals surface area contributed by atoms with E-state index in [0.29, 0.717) is 17.8 Å². The fraction of sp³-hybridized carbons (Fsp3) is 0.607. The van der Waals surface area contributed by atoms with Crippen molar-refractivity contribution in [1.29, 1.82) is 0 Å². The van der Waals surface area contributed by atoms with Gasteiger partial charge in [-0.05, 0) is 169 Å². The second-order valence-electron chi connectivity index (χ2n) is 26.0. The van der Waals surface area contributed by atoms with E-state index in [-0.39, 0.29) is 35.5 Å².